The van der Waals surface area contributed by atoms with Crippen LogP contribution in [0.25, 0.3) is 0 Å². The Morgan fingerprint density at radius 1 is 0.587 bits per heavy atom. The highest BCUT2D eigenvalue weighted by Gasteiger charge is 2.20. The van der Waals surface area contributed by atoms with Crippen molar-refractivity contribution in [2.45, 2.75) is 206 Å². The summed E-state index contributed by atoms with van der Waals surface area (Å²) in [5.41, 5.74) is 5.62. The first kappa shape index (κ1) is 44.8. The number of carbonyl (C=O) groups is 2. The van der Waals surface area contributed by atoms with Crippen molar-refractivity contribution in [2.24, 2.45) is 5.73 Å². The first-order chi connectivity index (χ1) is 22.5. The highest BCUT2D eigenvalue weighted by Crippen LogP contribution is 2.13. The minimum atomic E-state index is -0.539. The van der Waals surface area contributed by atoms with Gasteiger partial charge in [-0.05, 0) is 38.6 Å². The van der Waals surface area contributed by atoms with E-state index in [4.69, 9.17) is 15.2 Å². The van der Waals surface area contributed by atoms with E-state index >= 15 is 0 Å². The molecule has 4 N–H and O–H groups in total. The van der Waals surface area contributed by atoms with E-state index in [1.54, 1.807) is 0 Å². The Kier molecular flexibility index (Phi) is 35.7. The number of carbonyl (C=O) groups excluding carboxylic acids is 2. The first-order valence-electron chi connectivity index (χ1n) is 20.0. The molecule has 0 saturated carbocycles. The van der Waals surface area contributed by atoms with Gasteiger partial charge >= 0.3 is 0 Å². The van der Waals surface area contributed by atoms with Gasteiger partial charge < -0.3 is 25.8 Å². The smallest absolute Gasteiger partial charge is 0.242 e. The van der Waals surface area contributed by atoms with Gasteiger partial charge in [0.1, 0.15) is 6.04 Å². The highest BCUT2D eigenvalue weighted by molar-refractivity contribution is 5.86. The van der Waals surface area contributed by atoms with Crippen LogP contribution in [-0.2, 0) is 19.1 Å². The number of nitrogens with one attached hydrogen (secondary N) is 2. The number of amides is 2. The lowest BCUT2D eigenvalue weighted by Crippen LogP contribution is -2.48. The minimum absolute atomic E-state index is 0.160. The summed E-state index contributed by atoms with van der Waals surface area (Å²) in [6.45, 7) is 8.87. The SMILES string of the molecule is CCCCCCCCCCCCCCOCC(CNC(=O)[C@H](CCCCN)NC(C)=O)OCCCCCCCCCCCCCC. The van der Waals surface area contributed by atoms with Gasteiger partial charge in [0.05, 0.1) is 12.7 Å². The maximum atomic E-state index is 12.9. The lowest BCUT2D eigenvalue weighted by Gasteiger charge is -2.22. The maximum absolute atomic E-state index is 12.9. The van der Waals surface area contributed by atoms with Crippen LogP contribution in [0.1, 0.15) is 194 Å². The second-order valence-electron chi connectivity index (χ2n) is 13.6. The Hall–Kier alpha value is -1.18. The van der Waals surface area contributed by atoms with Crippen LogP contribution in [0.3, 0.4) is 0 Å². The molecule has 0 radical (unpaired) electrons. The number of ether oxygens (including phenoxy) is 2. The van der Waals surface area contributed by atoms with Crippen molar-refractivity contribution in [2.75, 3.05) is 32.9 Å². The standard InChI is InChI=1S/C39H79N3O4/c1-4-6-8-10-12-14-16-18-20-22-24-28-32-45-35-37(34-41-39(44)38(42-36(3)43)30-26-27-31-40)46-33-29-25-23-21-19-17-15-13-11-9-7-5-2/h37-38H,4-35,40H2,1-3H3,(H,41,44)(H,42,43)/t37?,38-/m0/s1. The molecule has 1 unspecified atom stereocenters. The van der Waals surface area contributed by atoms with Gasteiger partial charge in [-0.1, -0.05) is 155 Å². The average molecular weight is 654 g/mol. The fourth-order valence-corrected chi connectivity index (χ4v) is 5.96. The topological polar surface area (TPSA) is 103 Å². The van der Waals surface area contributed by atoms with Crippen LogP contribution >= 0.6 is 0 Å². The quantitative estimate of drug-likeness (QED) is 0.0580. The van der Waals surface area contributed by atoms with E-state index in [1.807, 2.05) is 0 Å². The third-order valence-corrected chi connectivity index (χ3v) is 8.94. The minimum Gasteiger partial charge on any atom is -0.379 e. The molecule has 0 aliphatic heterocycles. The van der Waals surface area contributed by atoms with Crippen LogP contribution in [0.4, 0.5) is 0 Å². The van der Waals surface area contributed by atoms with Crippen molar-refractivity contribution in [1.82, 2.24) is 10.6 Å². The molecule has 0 rings (SSSR count). The highest BCUT2D eigenvalue weighted by atomic mass is 16.5. The van der Waals surface area contributed by atoms with Crippen LogP contribution < -0.4 is 16.4 Å². The molecule has 0 spiro atoms. The molecule has 7 heteroatoms. The van der Waals surface area contributed by atoms with Crippen molar-refractivity contribution in [3.05, 3.63) is 0 Å². The fraction of sp³-hybridized carbons (Fsp3) is 0.949. The number of unbranched alkanes of at least 4 members (excludes halogenated alkanes) is 23. The van der Waals surface area contributed by atoms with E-state index < -0.39 is 6.04 Å². The summed E-state index contributed by atoms with van der Waals surface area (Å²) in [5.74, 6) is -0.356. The number of nitrogens with two attached hydrogens (primary N) is 1. The molecular weight excluding hydrogens is 574 g/mol. The van der Waals surface area contributed by atoms with E-state index in [9.17, 15) is 9.59 Å². The summed E-state index contributed by atoms with van der Waals surface area (Å²) in [6, 6.07) is -0.539. The molecule has 7 nitrogen and oxygen atoms in total. The zero-order valence-corrected chi connectivity index (χ0v) is 31.0. The molecule has 0 aromatic carbocycles. The Bertz CT molecular complexity index is 649. The third-order valence-electron chi connectivity index (χ3n) is 8.94. The van der Waals surface area contributed by atoms with Gasteiger partial charge in [0.2, 0.25) is 11.8 Å². The number of rotatable bonds is 37. The second-order valence-corrected chi connectivity index (χ2v) is 13.6. The zero-order chi connectivity index (χ0) is 33.8. The van der Waals surface area contributed by atoms with Gasteiger partial charge in [0, 0.05) is 26.7 Å². The van der Waals surface area contributed by atoms with Crippen LogP contribution in [0.2, 0.25) is 0 Å². The van der Waals surface area contributed by atoms with Gasteiger partial charge in [0.25, 0.3) is 0 Å². The maximum Gasteiger partial charge on any atom is 0.242 e. The van der Waals surface area contributed by atoms with Gasteiger partial charge in [-0.3, -0.25) is 9.59 Å². The molecule has 0 heterocycles. The Labute approximate surface area is 286 Å². The monoisotopic (exact) mass is 654 g/mol. The van der Waals surface area contributed by atoms with Crippen molar-refractivity contribution >= 4 is 11.8 Å². The summed E-state index contributed by atoms with van der Waals surface area (Å²) in [4.78, 5) is 24.6. The van der Waals surface area contributed by atoms with Crippen molar-refractivity contribution in [3.8, 4) is 0 Å². The number of hydrogen-bond donors (Lipinski definition) is 3. The van der Waals surface area contributed by atoms with Gasteiger partial charge in [-0.15, -0.1) is 0 Å². The van der Waals surface area contributed by atoms with Crippen molar-refractivity contribution < 1.29 is 19.1 Å². The van der Waals surface area contributed by atoms with E-state index in [2.05, 4.69) is 24.5 Å². The van der Waals surface area contributed by atoms with Crippen LogP contribution in [0.15, 0.2) is 0 Å². The van der Waals surface area contributed by atoms with E-state index in [-0.39, 0.29) is 17.9 Å². The molecule has 2 atom stereocenters. The summed E-state index contributed by atoms with van der Waals surface area (Å²) >= 11 is 0. The molecule has 2 amide bonds. The molecule has 274 valence electrons. The van der Waals surface area contributed by atoms with Crippen LogP contribution in [0, 0.1) is 0 Å². The van der Waals surface area contributed by atoms with E-state index in [0.29, 0.717) is 32.7 Å². The Morgan fingerprint density at radius 2 is 1.02 bits per heavy atom. The van der Waals surface area contributed by atoms with Crippen molar-refractivity contribution in [1.29, 1.82) is 0 Å². The molecule has 0 aliphatic rings. The fourth-order valence-electron chi connectivity index (χ4n) is 5.96. The molecule has 0 fully saturated rings. The van der Waals surface area contributed by atoms with E-state index in [0.717, 1.165) is 32.3 Å². The number of hydrogen-bond acceptors (Lipinski definition) is 5. The lowest BCUT2D eigenvalue weighted by molar-refractivity contribution is -0.129. The van der Waals surface area contributed by atoms with Gasteiger partial charge in [0.15, 0.2) is 0 Å². The Morgan fingerprint density at radius 3 is 1.46 bits per heavy atom. The van der Waals surface area contributed by atoms with E-state index in [1.165, 1.54) is 148 Å². The summed E-state index contributed by atoms with van der Waals surface area (Å²) < 4.78 is 12.2. The van der Waals surface area contributed by atoms with Gasteiger partial charge in [-0.2, -0.15) is 0 Å². The van der Waals surface area contributed by atoms with Crippen molar-refractivity contribution in [3.63, 3.8) is 0 Å². The van der Waals surface area contributed by atoms with Gasteiger partial charge in [-0.25, -0.2) is 0 Å². The predicted octanol–water partition coefficient (Wildman–Crippen LogP) is 9.54. The predicted molar refractivity (Wildman–Crippen MR) is 196 cm³/mol. The third kappa shape index (κ3) is 32.7. The summed E-state index contributed by atoms with van der Waals surface area (Å²) in [5, 5.41) is 5.81. The summed E-state index contributed by atoms with van der Waals surface area (Å²) in [7, 11) is 0. The molecule has 46 heavy (non-hydrogen) atoms. The largest absolute Gasteiger partial charge is 0.379 e. The summed E-state index contributed by atoms with van der Waals surface area (Å²) in [6.07, 6.45) is 33.8. The lowest BCUT2D eigenvalue weighted by atomic mass is 10.1. The normalized spacial score (nSPS) is 12.7. The molecule has 0 aromatic rings. The molecule has 0 aromatic heterocycles. The molecule has 0 aliphatic carbocycles. The molecule has 0 bridgehead atoms. The first-order valence-corrected chi connectivity index (χ1v) is 20.0. The zero-order valence-electron chi connectivity index (χ0n) is 31.0. The molecule has 0 saturated heterocycles. The Balaban J connectivity index is 4.30. The molecular formula is C39H79N3O4. The average Bonchev–Trinajstić information content (AvgIpc) is 3.04. The second kappa shape index (κ2) is 36.7. The van der Waals surface area contributed by atoms with Crippen LogP contribution in [-0.4, -0.2) is 56.9 Å². The van der Waals surface area contributed by atoms with Crippen LogP contribution in [0.5, 0.6) is 0 Å².